The molecule has 4 heteroatoms. The molecule has 22 heavy (non-hydrogen) atoms. The number of aliphatic hydroxyl groups excluding tert-OH is 1. The van der Waals surface area contributed by atoms with Crippen LogP contribution in [0.3, 0.4) is 0 Å². The number of fused-ring (bicyclic) bond motifs is 1. The molecular formula is C18H25NO3. The molecular weight excluding hydrogens is 278 g/mol. The largest absolute Gasteiger partial charge is 0.493 e. The number of rotatable bonds is 3. The van der Waals surface area contributed by atoms with E-state index in [9.17, 15) is 9.90 Å². The Labute approximate surface area is 132 Å². The van der Waals surface area contributed by atoms with Gasteiger partial charge in [0, 0.05) is 13.0 Å². The van der Waals surface area contributed by atoms with E-state index in [1.165, 1.54) is 0 Å². The van der Waals surface area contributed by atoms with Crippen LogP contribution in [0, 0.1) is 0 Å². The summed E-state index contributed by atoms with van der Waals surface area (Å²) in [5.74, 6) is 1.32. The molecule has 3 atom stereocenters. The summed E-state index contributed by atoms with van der Waals surface area (Å²) in [5, 5.41) is 9.95. The third-order valence-electron chi connectivity index (χ3n) is 4.93. The van der Waals surface area contributed by atoms with Gasteiger partial charge in [0.1, 0.15) is 5.75 Å². The lowest BCUT2D eigenvalue weighted by molar-refractivity contribution is -0.138. The lowest BCUT2D eigenvalue weighted by Crippen LogP contribution is -2.49. The summed E-state index contributed by atoms with van der Waals surface area (Å²) in [7, 11) is 0. The Morgan fingerprint density at radius 3 is 3.00 bits per heavy atom. The molecule has 1 fully saturated rings. The van der Waals surface area contributed by atoms with Crippen LogP contribution in [0.4, 0.5) is 0 Å². The summed E-state index contributed by atoms with van der Waals surface area (Å²) < 4.78 is 5.68. The Morgan fingerprint density at radius 2 is 2.18 bits per heavy atom. The molecule has 3 unspecified atom stereocenters. The van der Waals surface area contributed by atoms with E-state index in [-0.39, 0.29) is 17.9 Å². The molecule has 4 nitrogen and oxygen atoms in total. The molecule has 1 aromatic carbocycles. The maximum absolute atomic E-state index is 12.8. The molecule has 1 amide bonds. The van der Waals surface area contributed by atoms with Gasteiger partial charge in [-0.1, -0.05) is 18.2 Å². The molecule has 2 aliphatic heterocycles. The number of carbonyl (C=O) groups excluding carboxylic acids is 1. The van der Waals surface area contributed by atoms with Gasteiger partial charge in [-0.2, -0.15) is 0 Å². The lowest BCUT2D eigenvalue weighted by atomic mass is 9.89. The van der Waals surface area contributed by atoms with E-state index in [4.69, 9.17) is 4.74 Å². The molecule has 0 aliphatic carbocycles. The highest BCUT2D eigenvalue weighted by atomic mass is 16.5. The molecule has 0 saturated carbocycles. The second kappa shape index (κ2) is 6.69. The summed E-state index contributed by atoms with van der Waals surface area (Å²) in [6, 6.07) is 8.00. The smallest absolute Gasteiger partial charge is 0.223 e. The number of para-hydroxylation sites is 1. The van der Waals surface area contributed by atoms with Crippen LogP contribution < -0.4 is 4.74 Å². The van der Waals surface area contributed by atoms with Gasteiger partial charge in [-0.15, -0.1) is 0 Å². The molecule has 0 radical (unpaired) electrons. The maximum Gasteiger partial charge on any atom is 0.223 e. The summed E-state index contributed by atoms with van der Waals surface area (Å²) in [6.07, 6.45) is 4.00. The van der Waals surface area contributed by atoms with Crippen molar-refractivity contribution in [3.05, 3.63) is 29.8 Å². The minimum atomic E-state index is -0.453. The van der Waals surface area contributed by atoms with Crippen LogP contribution in [0.2, 0.25) is 0 Å². The van der Waals surface area contributed by atoms with Crippen molar-refractivity contribution in [2.45, 2.75) is 57.1 Å². The van der Waals surface area contributed by atoms with Crippen molar-refractivity contribution in [1.29, 1.82) is 0 Å². The molecule has 1 N–H and O–H groups in total. The van der Waals surface area contributed by atoms with Gasteiger partial charge in [-0.25, -0.2) is 0 Å². The molecule has 1 saturated heterocycles. The average Bonchev–Trinajstić information content (AvgIpc) is 2.55. The van der Waals surface area contributed by atoms with E-state index in [0.717, 1.165) is 43.5 Å². The highest BCUT2D eigenvalue weighted by Crippen LogP contribution is 2.36. The Hall–Kier alpha value is -1.55. The minimum Gasteiger partial charge on any atom is -0.493 e. The summed E-state index contributed by atoms with van der Waals surface area (Å²) in [5.41, 5.74) is 1.15. The lowest BCUT2D eigenvalue weighted by Gasteiger charge is -2.38. The second-order valence-electron chi connectivity index (χ2n) is 6.47. The van der Waals surface area contributed by atoms with Crippen molar-refractivity contribution in [2.24, 2.45) is 0 Å². The van der Waals surface area contributed by atoms with Crippen LogP contribution in [0.25, 0.3) is 0 Å². The summed E-state index contributed by atoms with van der Waals surface area (Å²) in [6.45, 7) is 3.24. The molecule has 1 aromatic rings. The van der Waals surface area contributed by atoms with Gasteiger partial charge in [0.05, 0.1) is 18.8 Å². The summed E-state index contributed by atoms with van der Waals surface area (Å²) >= 11 is 0. The van der Waals surface area contributed by atoms with Crippen molar-refractivity contribution in [2.75, 3.05) is 13.2 Å². The highest BCUT2D eigenvalue weighted by molar-refractivity contribution is 5.78. The van der Waals surface area contributed by atoms with E-state index in [1.54, 1.807) is 6.92 Å². The zero-order valence-corrected chi connectivity index (χ0v) is 13.2. The quantitative estimate of drug-likeness (QED) is 0.934. The Morgan fingerprint density at radius 1 is 1.36 bits per heavy atom. The number of nitrogens with zero attached hydrogens (tertiary/aromatic N) is 1. The van der Waals surface area contributed by atoms with Crippen molar-refractivity contribution in [3.63, 3.8) is 0 Å². The number of carbonyl (C=O) groups is 1. The molecule has 0 bridgehead atoms. The van der Waals surface area contributed by atoms with Crippen molar-refractivity contribution < 1.29 is 14.6 Å². The summed E-state index contributed by atoms with van der Waals surface area (Å²) in [4.78, 5) is 14.7. The van der Waals surface area contributed by atoms with E-state index in [2.05, 4.69) is 6.07 Å². The number of amides is 1. The molecule has 120 valence electrons. The van der Waals surface area contributed by atoms with Crippen LogP contribution in [0.5, 0.6) is 5.75 Å². The highest BCUT2D eigenvalue weighted by Gasteiger charge is 2.32. The number of likely N-dealkylation sites (tertiary alicyclic amines) is 1. The fourth-order valence-corrected chi connectivity index (χ4v) is 3.72. The second-order valence-corrected chi connectivity index (χ2v) is 6.47. The van der Waals surface area contributed by atoms with Gasteiger partial charge in [-0.3, -0.25) is 4.79 Å². The molecule has 2 heterocycles. The van der Waals surface area contributed by atoms with Gasteiger partial charge in [0.25, 0.3) is 0 Å². The predicted octanol–water partition coefficient (Wildman–Crippen LogP) is 2.70. The molecule has 3 rings (SSSR count). The van der Waals surface area contributed by atoms with Crippen LogP contribution in [-0.4, -0.2) is 41.2 Å². The van der Waals surface area contributed by atoms with Gasteiger partial charge in [0.2, 0.25) is 5.91 Å². The van der Waals surface area contributed by atoms with Crippen molar-refractivity contribution in [1.82, 2.24) is 4.90 Å². The van der Waals surface area contributed by atoms with Gasteiger partial charge >= 0.3 is 0 Å². The van der Waals surface area contributed by atoms with Crippen LogP contribution in [0.15, 0.2) is 24.3 Å². The predicted molar refractivity (Wildman–Crippen MR) is 84.9 cm³/mol. The zero-order chi connectivity index (χ0) is 15.5. The van der Waals surface area contributed by atoms with E-state index in [1.807, 2.05) is 23.1 Å². The van der Waals surface area contributed by atoms with Gasteiger partial charge < -0.3 is 14.7 Å². The number of ether oxygens (including phenoxy) is 1. The number of piperidine rings is 1. The SMILES string of the molecule is CC(O)C1CCCCN1C(=O)CC1CCOc2ccccc21. The fourth-order valence-electron chi connectivity index (χ4n) is 3.72. The van der Waals surface area contributed by atoms with Crippen LogP contribution >= 0.6 is 0 Å². The Balaban J connectivity index is 1.72. The van der Waals surface area contributed by atoms with Gasteiger partial charge in [-0.05, 0) is 50.2 Å². The fraction of sp³-hybridized carbons (Fsp3) is 0.611. The normalized spacial score (nSPS) is 26.0. The first-order valence-electron chi connectivity index (χ1n) is 8.36. The van der Waals surface area contributed by atoms with Crippen LogP contribution in [0.1, 0.15) is 50.5 Å². The Bertz CT molecular complexity index is 529. The van der Waals surface area contributed by atoms with E-state index >= 15 is 0 Å². The van der Waals surface area contributed by atoms with Gasteiger partial charge in [0.15, 0.2) is 0 Å². The first-order chi connectivity index (χ1) is 10.7. The maximum atomic E-state index is 12.8. The third kappa shape index (κ3) is 3.12. The van der Waals surface area contributed by atoms with Crippen molar-refractivity contribution >= 4 is 5.91 Å². The molecule has 0 spiro atoms. The first-order valence-corrected chi connectivity index (χ1v) is 8.36. The monoisotopic (exact) mass is 303 g/mol. The number of aliphatic hydroxyl groups is 1. The first kappa shape index (κ1) is 15.3. The zero-order valence-electron chi connectivity index (χ0n) is 13.2. The Kier molecular flexibility index (Phi) is 4.67. The van der Waals surface area contributed by atoms with E-state index in [0.29, 0.717) is 13.0 Å². The number of hydrogen-bond acceptors (Lipinski definition) is 3. The number of hydrogen-bond donors (Lipinski definition) is 1. The average molecular weight is 303 g/mol. The van der Waals surface area contributed by atoms with Crippen molar-refractivity contribution in [3.8, 4) is 5.75 Å². The van der Waals surface area contributed by atoms with Crippen LogP contribution in [-0.2, 0) is 4.79 Å². The standard InChI is InChI=1S/C18H25NO3/c1-13(20)16-7-4-5-10-19(16)18(21)12-14-9-11-22-17-8-3-2-6-15(14)17/h2-3,6,8,13-14,16,20H,4-5,7,9-12H2,1H3. The topological polar surface area (TPSA) is 49.8 Å². The molecule has 2 aliphatic rings. The number of benzene rings is 1. The van der Waals surface area contributed by atoms with E-state index < -0.39 is 6.10 Å². The third-order valence-corrected chi connectivity index (χ3v) is 4.93. The molecule has 0 aromatic heterocycles. The minimum absolute atomic E-state index is 0.0173.